The molecule has 1 saturated carbocycles. The summed E-state index contributed by atoms with van der Waals surface area (Å²) in [6.45, 7) is 3.98. The minimum absolute atomic E-state index is 0.230. The summed E-state index contributed by atoms with van der Waals surface area (Å²) in [5.74, 6) is -0.391. The third kappa shape index (κ3) is 4.40. The Labute approximate surface area is 132 Å². The molecule has 5 nitrogen and oxygen atoms in total. The van der Waals surface area contributed by atoms with Crippen LogP contribution in [0.4, 0.5) is 0 Å². The van der Waals surface area contributed by atoms with E-state index < -0.39 is 17.4 Å². The molecule has 0 heterocycles. The number of rotatable bonds is 6. The quantitative estimate of drug-likeness (QED) is 0.578. The summed E-state index contributed by atoms with van der Waals surface area (Å²) in [7, 11) is 1.33. The van der Waals surface area contributed by atoms with Gasteiger partial charge in [-0.25, -0.2) is 4.79 Å². The highest BCUT2D eigenvalue weighted by Crippen LogP contribution is 2.37. The molecule has 1 aliphatic carbocycles. The van der Waals surface area contributed by atoms with Crippen molar-refractivity contribution >= 4 is 29.1 Å². The van der Waals surface area contributed by atoms with Gasteiger partial charge in [-0.3, -0.25) is 4.79 Å². The number of nitrogens with two attached hydrogens (primary N) is 1. The van der Waals surface area contributed by atoms with Crippen molar-refractivity contribution in [1.82, 2.24) is 5.32 Å². The van der Waals surface area contributed by atoms with Crippen LogP contribution in [0.2, 0.25) is 0 Å². The molecule has 0 bridgehead atoms. The van der Waals surface area contributed by atoms with Crippen LogP contribution in [-0.4, -0.2) is 30.0 Å². The van der Waals surface area contributed by atoms with Crippen molar-refractivity contribution in [2.24, 2.45) is 17.1 Å². The average Bonchev–Trinajstić information content (AvgIpc) is 2.45. The van der Waals surface area contributed by atoms with Gasteiger partial charge >= 0.3 is 5.97 Å². The number of carbonyl (C=O) groups is 2. The van der Waals surface area contributed by atoms with Crippen molar-refractivity contribution in [3.05, 3.63) is 0 Å². The number of esters is 1. The molecule has 0 aromatic rings. The third-order valence-corrected chi connectivity index (χ3v) is 4.50. The predicted octanol–water partition coefficient (Wildman–Crippen LogP) is 1.93. The largest absolute Gasteiger partial charge is 0.467 e. The first-order valence-electron chi connectivity index (χ1n) is 7.52. The van der Waals surface area contributed by atoms with Crippen LogP contribution in [0.3, 0.4) is 0 Å². The average molecular weight is 314 g/mol. The van der Waals surface area contributed by atoms with Gasteiger partial charge in [0.15, 0.2) is 0 Å². The molecule has 0 aromatic heterocycles. The lowest BCUT2D eigenvalue weighted by Crippen LogP contribution is -2.54. The molecule has 3 N–H and O–H groups in total. The third-order valence-electron chi connectivity index (χ3n) is 4.11. The molecule has 1 atom stereocenters. The van der Waals surface area contributed by atoms with Gasteiger partial charge in [-0.2, -0.15) is 0 Å². The summed E-state index contributed by atoms with van der Waals surface area (Å²) in [6.07, 6.45) is 4.79. The van der Waals surface area contributed by atoms with Crippen LogP contribution < -0.4 is 11.1 Å². The van der Waals surface area contributed by atoms with E-state index in [9.17, 15) is 9.59 Å². The second kappa shape index (κ2) is 7.73. The minimum atomic E-state index is -0.809. The molecule has 1 unspecified atom stereocenters. The first-order chi connectivity index (χ1) is 9.83. The van der Waals surface area contributed by atoms with Crippen molar-refractivity contribution < 1.29 is 14.3 Å². The van der Waals surface area contributed by atoms with Crippen LogP contribution in [0.5, 0.6) is 0 Å². The maximum absolute atomic E-state index is 12.7. The number of hydrogen-bond acceptors (Lipinski definition) is 4. The monoisotopic (exact) mass is 314 g/mol. The van der Waals surface area contributed by atoms with Crippen LogP contribution in [0.15, 0.2) is 0 Å². The highest BCUT2D eigenvalue weighted by molar-refractivity contribution is 7.80. The van der Waals surface area contributed by atoms with E-state index in [2.05, 4.69) is 5.32 Å². The Kier molecular flexibility index (Phi) is 6.58. The van der Waals surface area contributed by atoms with E-state index in [1.54, 1.807) is 0 Å². The molecule has 0 saturated heterocycles. The molecule has 6 heteroatoms. The Morgan fingerprint density at radius 2 is 1.86 bits per heavy atom. The van der Waals surface area contributed by atoms with Crippen LogP contribution in [-0.2, 0) is 14.3 Å². The molecule has 120 valence electrons. The topological polar surface area (TPSA) is 81.4 Å². The summed E-state index contributed by atoms with van der Waals surface area (Å²) in [4.78, 5) is 24.8. The molecule has 0 spiro atoms. The normalized spacial score (nSPS) is 18.9. The van der Waals surface area contributed by atoms with E-state index in [0.717, 1.165) is 19.3 Å². The first kappa shape index (κ1) is 17.9. The smallest absolute Gasteiger partial charge is 0.328 e. The van der Waals surface area contributed by atoms with E-state index in [4.69, 9.17) is 22.7 Å². The fraction of sp³-hybridized carbons (Fsp3) is 0.800. The fourth-order valence-corrected chi connectivity index (χ4v) is 3.16. The van der Waals surface area contributed by atoms with Gasteiger partial charge in [0, 0.05) is 0 Å². The van der Waals surface area contributed by atoms with Crippen LogP contribution in [0.25, 0.3) is 0 Å². The zero-order valence-corrected chi connectivity index (χ0v) is 13.9. The van der Waals surface area contributed by atoms with Gasteiger partial charge in [-0.1, -0.05) is 45.3 Å². The molecule has 1 fully saturated rings. The molecule has 0 radical (unpaired) electrons. The van der Waals surface area contributed by atoms with Gasteiger partial charge in [0.2, 0.25) is 5.91 Å². The van der Waals surface area contributed by atoms with Crippen LogP contribution in [0, 0.1) is 11.3 Å². The van der Waals surface area contributed by atoms with Crippen molar-refractivity contribution in [2.75, 3.05) is 7.11 Å². The maximum atomic E-state index is 12.7. The van der Waals surface area contributed by atoms with E-state index in [1.807, 2.05) is 13.8 Å². The summed E-state index contributed by atoms with van der Waals surface area (Å²) >= 11 is 5.14. The van der Waals surface area contributed by atoms with Gasteiger partial charge in [0.1, 0.15) is 6.04 Å². The Morgan fingerprint density at radius 3 is 2.29 bits per heavy atom. The Bertz CT molecular complexity index is 404. The maximum Gasteiger partial charge on any atom is 0.328 e. The predicted molar refractivity (Wildman–Crippen MR) is 85.7 cm³/mol. The standard InChI is InChI=1S/C15H26N2O3S/c1-10(2)9-11(12(18)20-3)17-14(19)15(13(16)21)7-5-4-6-8-15/h10-11H,4-9H2,1-3H3,(H2,16,21)(H,17,19). The zero-order chi connectivity index (χ0) is 16.0. The van der Waals surface area contributed by atoms with Crippen molar-refractivity contribution in [3.8, 4) is 0 Å². The summed E-state index contributed by atoms with van der Waals surface area (Å²) in [6, 6.07) is -0.643. The summed E-state index contributed by atoms with van der Waals surface area (Å²) in [5.41, 5.74) is 5.03. The molecular weight excluding hydrogens is 288 g/mol. The number of amides is 1. The number of carbonyl (C=O) groups excluding carboxylic acids is 2. The van der Waals surface area contributed by atoms with Gasteiger partial charge < -0.3 is 15.8 Å². The number of methoxy groups -OCH3 is 1. The zero-order valence-electron chi connectivity index (χ0n) is 13.1. The molecule has 1 amide bonds. The van der Waals surface area contributed by atoms with E-state index in [0.29, 0.717) is 19.3 Å². The van der Waals surface area contributed by atoms with Crippen molar-refractivity contribution in [1.29, 1.82) is 0 Å². The fourth-order valence-electron chi connectivity index (χ4n) is 2.86. The molecule has 0 aliphatic heterocycles. The number of nitrogens with one attached hydrogen (secondary N) is 1. The summed E-state index contributed by atoms with van der Waals surface area (Å²) in [5, 5.41) is 2.81. The van der Waals surface area contributed by atoms with Gasteiger partial charge in [0.05, 0.1) is 17.5 Å². The molecule has 0 aromatic carbocycles. The van der Waals surface area contributed by atoms with Gasteiger partial charge in [0.25, 0.3) is 0 Å². The lowest BCUT2D eigenvalue weighted by Gasteiger charge is -2.36. The van der Waals surface area contributed by atoms with Crippen LogP contribution in [0.1, 0.15) is 52.4 Å². The van der Waals surface area contributed by atoms with Gasteiger partial charge in [-0.05, 0) is 25.2 Å². The van der Waals surface area contributed by atoms with Crippen molar-refractivity contribution in [2.45, 2.75) is 58.4 Å². The lowest BCUT2D eigenvalue weighted by molar-refractivity contribution is -0.146. The van der Waals surface area contributed by atoms with Crippen LogP contribution >= 0.6 is 12.2 Å². The minimum Gasteiger partial charge on any atom is -0.467 e. The Balaban J connectivity index is 2.87. The van der Waals surface area contributed by atoms with Gasteiger partial charge in [-0.15, -0.1) is 0 Å². The van der Waals surface area contributed by atoms with E-state index >= 15 is 0 Å². The second-order valence-electron chi connectivity index (χ2n) is 6.19. The summed E-state index contributed by atoms with van der Waals surface area (Å²) < 4.78 is 4.78. The first-order valence-corrected chi connectivity index (χ1v) is 7.93. The molecule has 21 heavy (non-hydrogen) atoms. The second-order valence-corrected chi connectivity index (χ2v) is 6.63. The molecule has 1 rings (SSSR count). The Hall–Kier alpha value is -1.17. The molecule has 1 aliphatic rings. The number of hydrogen-bond donors (Lipinski definition) is 2. The highest BCUT2D eigenvalue weighted by Gasteiger charge is 2.43. The number of thiocarbonyl (C=S) groups is 1. The number of ether oxygens (including phenoxy) is 1. The van der Waals surface area contributed by atoms with E-state index in [-0.39, 0.29) is 16.8 Å². The van der Waals surface area contributed by atoms with Crippen molar-refractivity contribution in [3.63, 3.8) is 0 Å². The Morgan fingerprint density at radius 1 is 1.29 bits per heavy atom. The molecular formula is C15H26N2O3S. The van der Waals surface area contributed by atoms with E-state index in [1.165, 1.54) is 7.11 Å². The lowest BCUT2D eigenvalue weighted by atomic mass is 9.73. The SMILES string of the molecule is COC(=O)C(CC(C)C)NC(=O)C1(C(N)=S)CCCCC1. The highest BCUT2D eigenvalue weighted by atomic mass is 32.1.